The van der Waals surface area contributed by atoms with Crippen LogP contribution < -0.4 is 10.1 Å². The Balaban J connectivity index is 1.75. The molecule has 138 valence electrons. The minimum atomic E-state index is -0.0809. The van der Waals surface area contributed by atoms with E-state index in [0.29, 0.717) is 36.9 Å². The van der Waals surface area contributed by atoms with Crippen LogP contribution in [0.25, 0.3) is 0 Å². The van der Waals surface area contributed by atoms with E-state index in [2.05, 4.69) is 5.32 Å². The smallest absolute Gasteiger partial charge is 0.254 e. The minimum Gasteiger partial charge on any atom is -0.491 e. The zero-order valence-electron chi connectivity index (χ0n) is 14.8. The highest BCUT2D eigenvalue weighted by atomic mass is 35.5. The molecule has 3 rings (SSSR count). The fraction of sp³-hybridized carbons (Fsp3) is 0.350. The number of carbonyl (C=O) groups is 1. The number of nitrogens with one attached hydrogen (secondary N) is 1. The number of hydrogen-bond donors (Lipinski definition) is 1. The summed E-state index contributed by atoms with van der Waals surface area (Å²) in [5.74, 6) is 0.724. The van der Waals surface area contributed by atoms with Crippen LogP contribution in [0.2, 0.25) is 5.02 Å². The van der Waals surface area contributed by atoms with Crippen LogP contribution in [0.4, 0.5) is 0 Å². The summed E-state index contributed by atoms with van der Waals surface area (Å²) in [4.78, 5) is 14.9. The number of ether oxygens (including phenoxy) is 2. The van der Waals surface area contributed by atoms with Crippen molar-refractivity contribution >= 4 is 17.5 Å². The number of hydrogen-bond acceptors (Lipinski definition) is 4. The molecule has 1 unspecified atom stereocenters. The molecule has 26 heavy (non-hydrogen) atoms. The molecule has 1 N–H and O–H groups in total. The van der Waals surface area contributed by atoms with Gasteiger partial charge in [-0.1, -0.05) is 29.8 Å². The molecule has 1 aliphatic rings. The molecule has 0 aromatic heterocycles. The van der Waals surface area contributed by atoms with E-state index in [1.807, 2.05) is 41.3 Å². The van der Waals surface area contributed by atoms with E-state index >= 15 is 0 Å². The predicted octanol–water partition coefficient (Wildman–Crippen LogP) is 3.15. The van der Waals surface area contributed by atoms with Gasteiger partial charge in [0.05, 0.1) is 12.6 Å². The molecule has 1 amide bonds. The first-order chi connectivity index (χ1) is 12.7. The highest BCUT2D eigenvalue weighted by molar-refractivity contribution is 6.31. The van der Waals surface area contributed by atoms with Crippen molar-refractivity contribution in [3.63, 3.8) is 0 Å². The topological polar surface area (TPSA) is 50.8 Å². The lowest BCUT2D eigenvalue weighted by molar-refractivity contribution is 0.0634. The molecule has 0 saturated carbocycles. The zero-order valence-corrected chi connectivity index (χ0v) is 15.5. The third-order valence-electron chi connectivity index (χ3n) is 4.43. The van der Waals surface area contributed by atoms with Gasteiger partial charge >= 0.3 is 0 Å². The van der Waals surface area contributed by atoms with E-state index in [4.69, 9.17) is 21.1 Å². The highest BCUT2D eigenvalue weighted by Crippen LogP contribution is 2.29. The van der Waals surface area contributed by atoms with Crippen molar-refractivity contribution in [3.05, 3.63) is 64.7 Å². The number of methoxy groups -OCH3 is 1. The maximum absolute atomic E-state index is 13.1. The van der Waals surface area contributed by atoms with Crippen molar-refractivity contribution in [2.24, 2.45) is 0 Å². The summed E-state index contributed by atoms with van der Waals surface area (Å²) in [5, 5.41) is 4.03. The van der Waals surface area contributed by atoms with Crippen LogP contribution in [0.15, 0.2) is 48.5 Å². The Kier molecular flexibility index (Phi) is 6.50. The van der Waals surface area contributed by atoms with Crippen LogP contribution in [0.3, 0.4) is 0 Å². The molecule has 0 spiro atoms. The molecule has 0 bridgehead atoms. The summed E-state index contributed by atoms with van der Waals surface area (Å²) in [6.45, 7) is 3.11. The minimum absolute atomic E-state index is 0.000128. The molecular formula is C20H23ClN2O3. The fourth-order valence-corrected chi connectivity index (χ4v) is 3.33. The summed E-state index contributed by atoms with van der Waals surface area (Å²) < 4.78 is 10.5. The summed E-state index contributed by atoms with van der Waals surface area (Å²) in [5.41, 5.74) is 1.61. The number of piperazine rings is 1. The van der Waals surface area contributed by atoms with Gasteiger partial charge in [0.2, 0.25) is 0 Å². The normalized spacial score (nSPS) is 17.2. The van der Waals surface area contributed by atoms with Crippen LogP contribution in [-0.2, 0) is 4.74 Å². The van der Waals surface area contributed by atoms with Gasteiger partial charge in [-0.25, -0.2) is 0 Å². The Hall–Kier alpha value is -2.08. The van der Waals surface area contributed by atoms with E-state index in [-0.39, 0.29) is 11.9 Å². The van der Waals surface area contributed by atoms with Crippen LogP contribution >= 0.6 is 11.6 Å². The molecule has 2 aromatic rings. The largest absolute Gasteiger partial charge is 0.491 e. The second kappa shape index (κ2) is 9.03. The van der Waals surface area contributed by atoms with Crippen molar-refractivity contribution in [3.8, 4) is 5.75 Å². The summed E-state index contributed by atoms with van der Waals surface area (Å²) in [7, 11) is 1.63. The zero-order chi connectivity index (χ0) is 18.4. The van der Waals surface area contributed by atoms with Crippen molar-refractivity contribution in [2.75, 3.05) is 40.0 Å². The first-order valence-electron chi connectivity index (χ1n) is 8.68. The number of carbonyl (C=O) groups excluding carboxylic acids is 1. The maximum atomic E-state index is 13.1. The second-order valence-corrected chi connectivity index (χ2v) is 6.51. The molecule has 0 aliphatic carbocycles. The highest BCUT2D eigenvalue weighted by Gasteiger charge is 2.29. The van der Waals surface area contributed by atoms with Crippen LogP contribution in [0.5, 0.6) is 5.75 Å². The molecular weight excluding hydrogens is 352 g/mol. The molecule has 5 nitrogen and oxygen atoms in total. The van der Waals surface area contributed by atoms with Gasteiger partial charge in [-0.2, -0.15) is 0 Å². The molecule has 2 aromatic carbocycles. The lowest BCUT2D eigenvalue weighted by atomic mass is 10.0. The van der Waals surface area contributed by atoms with E-state index in [9.17, 15) is 4.79 Å². The number of nitrogens with zero attached hydrogens (tertiary/aromatic N) is 1. The van der Waals surface area contributed by atoms with Crippen molar-refractivity contribution in [1.82, 2.24) is 10.2 Å². The quantitative estimate of drug-likeness (QED) is 0.789. The average molecular weight is 375 g/mol. The van der Waals surface area contributed by atoms with Crippen molar-refractivity contribution in [1.29, 1.82) is 0 Å². The van der Waals surface area contributed by atoms with Gasteiger partial charge in [-0.3, -0.25) is 4.79 Å². The van der Waals surface area contributed by atoms with Gasteiger partial charge in [0.1, 0.15) is 12.4 Å². The monoisotopic (exact) mass is 374 g/mol. The number of amides is 1. The Morgan fingerprint density at radius 2 is 1.96 bits per heavy atom. The van der Waals surface area contributed by atoms with Gasteiger partial charge in [-0.15, -0.1) is 0 Å². The number of rotatable bonds is 6. The Bertz CT molecular complexity index is 736. The van der Waals surface area contributed by atoms with Gasteiger partial charge < -0.3 is 19.7 Å². The lowest BCUT2D eigenvalue weighted by Gasteiger charge is -2.37. The number of benzene rings is 2. The summed E-state index contributed by atoms with van der Waals surface area (Å²) in [6, 6.07) is 14.8. The molecule has 6 heteroatoms. The molecule has 1 atom stereocenters. The van der Waals surface area contributed by atoms with E-state index in [1.165, 1.54) is 0 Å². The first-order valence-corrected chi connectivity index (χ1v) is 9.06. The van der Waals surface area contributed by atoms with Crippen LogP contribution in [-0.4, -0.2) is 50.8 Å². The van der Waals surface area contributed by atoms with E-state index in [0.717, 1.165) is 17.9 Å². The molecule has 0 radical (unpaired) electrons. The molecule has 1 fully saturated rings. The third kappa shape index (κ3) is 4.36. The number of halogens is 1. The van der Waals surface area contributed by atoms with Gasteiger partial charge in [0.15, 0.2) is 0 Å². The maximum Gasteiger partial charge on any atom is 0.254 e. The predicted molar refractivity (Wildman–Crippen MR) is 102 cm³/mol. The Morgan fingerprint density at radius 1 is 1.19 bits per heavy atom. The molecule has 1 aliphatic heterocycles. The van der Waals surface area contributed by atoms with Crippen molar-refractivity contribution in [2.45, 2.75) is 6.04 Å². The lowest BCUT2D eigenvalue weighted by Crippen LogP contribution is -2.48. The van der Waals surface area contributed by atoms with E-state index in [1.54, 1.807) is 19.2 Å². The van der Waals surface area contributed by atoms with E-state index < -0.39 is 0 Å². The van der Waals surface area contributed by atoms with Crippen molar-refractivity contribution < 1.29 is 14.3 Å². The van der Waals surface area contributed by atoms with Crippen LogP contribution in [0, 0.1) is 0 Å². The summed E-state index contributed by atoms with van der Waals surface area (Å²) in [6.07, 6.45) is 0. The molecule has 1 saturated heterocycles. The Morgan fingerprint density at radius 3 is 2.69 bits per heavy atom. The average Bonchev–Trinajstić information content (AvgIpc) is 2.69. The third-order valence-corrected chi connectivity index (χ3v) is 4.77. The van der Waals surface area contributed by atoms with Gasteiger partial charge in [0, 0.05) is 37.3 Å². The standard InChI is InChI=1S/C20H23ClN2O3/c1-25-12-13-26-16-8-6-15(7-9-16)20(24)23-11-10-22-14-19(23)17-4-2-3-5-18(17)21/h2-9,19,22H,10-14H2,1H3. The van der Waals surface area contributed by atoms with Gasteiger partial charge in [-0.05, 0) is 35.9 Å². The SMILES string of the molecule is COCCOc1ccc(C(=O)N2CCNCC2c2ccccc2Cl)cc1. The fourth-order valence-electron chi connectivity index (χ4n) is 3.07. The Labute approximate surface area is 158 Å². The molecule has 1 heterocycles. The second-order valence-electron chi connectivity index (χ2n) is 6.11. The summed E-state index contributed by atoms with van der Waals surface area (Å²) >= 11 is 6.36. The van der Waals surface area contributed by atoms with Crippen LogP contribution in [0.1, 0.15) is 22.0 Å². The first kappa shape index (κ1) is 18.7. The van der Waals surface area contributed by atoms with Gasteiger partial charge in [0.25, 0.3) is 5.91 Å².